The summed E-state index contributed by atoms with van der Waals surface area (Å²) >= 11 is 0. The molecular weight excluding hydrogens is 415 g/mol. The first-order valence-corrected chi connectivity index (χ1v) is 9.05. The van der Waals surface area contributed by atoms with E-state index in [4.69, 9.17) is 4.52 Å². The summed E-state index contributed by atoms with van der Waals surface area (Å²) in [6.07, 6.45) is -3.06. The molecule has 3 aromatic heterocycles. The van der Waals surface area contributed by atoms with Gasteiger partial charge in [0.1, 0.15) is 17.4 Å². The maximum Gasteiger partial charge on any atom is 0.573 e. The number of ether oxygens (including phenoxy) is 1. The van der Waals surface area contributed by atoms with Gasteiger partial charge in [-0.2, -0.15) is 4.98 Å². The molecule has 0 radical (unpaired) electrons. The zero-order chi connectivity index (χ0) is 22.0. The highest BCUT2D eigenvalue weighted by Gasteiger charge is 2.31. The normalized spacial score (nSPS) is 11.5. The Bertz CT molecular complexity index is 1190. The fourth-order valence-electron chi connectivity index (χ4n) is 2.78. The lowest BCUT2D eigenvalue weighted by molar-refractivity contribution is -0.274. The molecule has 31 heavy (non-hydrogen) atoms. The standard InChI is InChI=1S/C19H16F3N7O2/c1-11-25-17(27-29(11)10-12-7-8-24-15(9-12)23-2)18-26-16(28-31-18)13-3-5-14(6-4-13)30-19(20,21)22/h3-9H,10H2,1-2H3,(H,23,24). The van der Waals surface area contributed by atoms with Gasteiger partial charge >= 0.3 is 6.36 Å². The van der Waals surface area contributed by atoms with Crippen molar-refractivity contribution in [1.29, 1.82) is 0 Å². The maximum atomic E-state index is 12.3. The molecule has 0 saturated heterocycles. The van der Waals surface area contributed by atoms with E-state index in [-0.39, 0.29) is 23.3 Å². The summed E-state index contributed by atoms with van der Waals surface area (Å²) in [5.41, 5.74) is 1.43. The Morgan fingerprint density at radius 3 is 2.58 bits per heavy atom. The lowest BCUT2D eigenvalue weighted by atomic mass is 10.2. The highest BCUT2D eigenvalue weighted by atomic mass is 19.4. The molecule has 4 rings (SSSR count). The van der Waals surface area contributed by atoms with Crippen LogP contribution >= 0.6 is 0 Å². The number of aryl methyl sites for hydroxylation is 1. The van der Waals surface area contributed by atoms with Gasteiger partial charge in [0.15, 0.2) is 0 Å². The first-order chi connectivity index (χ1) is 14.8. The molecule has 1 aromatic carbocycles. The average Bonchev–Trinajstić information content (AvgIpc) is 3.35. The fourth-order valence-corrected chi connectivity index (χ4v) is 2.78. The maximum absolute atomic E-state index is 12.3. The van der Waals surface area contributed by atoms with Crippen LogP contribution < -0.4 is 10.1 Å². The molecular formula is C19H16F3N7O2. The van der Waals surface area contributed by atoms with Gasteiger partial charge in [-0.05, 0) is 48.9 Å². The number of nitrogens with zero attached hydrogens (tertiary/aromatic N) is 6. The van der Waals surface area contributed by atoms with Crippen LogP contribution in [-0.4, -0.2) is 43.3 Å². The minimum Gasteiger partial charge on any atom is -0.406 e. The molecule has 9 nitrogen and oxygen atoms in total. The molecule has 0 amide bonds. The molecule has 0 unspecified atom stereocenters. The number of hydrogen-bond acceptors (Lipinski definition) is 8. The van der Waals surface area contributed by atoms with Crippen LogP contribution in [0.2, 0.25) is 0 Å². The van der Waals surface area contributed by atoms with Crippen molar-refractivity contribution in [2.75, 3.05) is 12.4 Å². The predicted octanol–water partition coefficient (Wildman–Crippen LogP) is 3.69. The summed E-state index contributed by atoms with van der Waals surface area (Å²) < 4.78 is 47.6. The van der Waals surface area contributed by atoms with Gasteiger partial charge in [-0.3, -0.25) is 0 Å². The van der Waals surface area contributed by atoms with E-state index >= 15 is 0 Å². The third kappa shape index (κ3) is 4.79. The third-order valence-electron chi connectivity index (χ3n) is 4.23. The molecule has 0 saturated carbocycles. The summed E-state index contributed by atoms with van der Waals surface area (Å²) in [7, 11) is 1.79. The Morgan fingerprint density at radius 2 is 1.87 bits per heavy atom. The molecule has 0 fully saturated rings. The second-order valence-electron chi connectivity index (χ2n) is 6.43. The van der Waals surface area contributed by atoms with Crippen molar-refractivity contribution >= 4 is 5.82 Å². The molecule has 0 aliphatic carbocycles. The Kier molecular flexibility index (Phi) is 5.28. The van der Waals surface area contributed by atoms with Crippen LogP contribution in [0.15, 0.2) is 47.1 Å². The van der Waals surface area contributed by atoms with Gasteiger partial charge in [-0.15, -0.1) is 18.3 Å². The third-order valence-corrected chi connectivity index (χ3v) is 4.23. The second-order valence-corrected chi connectivity index (χ2v) is 6.43. The number of anilines is 1. The zero-order valence-electron chi connectivity index (χ0n) is 16.4. The quantitative estimate of drug-likeness (QED) is 0.493. The number of benzene rings is 1. The van der Waals surface area contributed by atoms with E-state index in [2.05, 4.69) is 35.3 Å². The molecule has 0 bridgehead atoms. The number of halogens is 3. The van der Waals surface area contributed by atoms with Gasteiger partial charge in [0.2, 0.25) is 11.6 Å². The lowest BCUT2D eigenvalue weighted by Crippen LogP contribution is -2.16. The van der Waals surface area contributed by atoms with E-state index in [1.165, 1.54) is 24.3 Å². The highest BCUT2D eigenvalue weighted by molar-refractivity contribution is 5.57. The Balaban J connectivity index is 1.52. The van der Waals surface area contributed by atoms with E-state index in [9.17, 15) is 13.2 Å². The van der Waals surface area contributed by atoms with E-state index in [1.54, 1.807) is 24.9 Å². The zero-order valence-corrected chi connectivity index (χ0v) is 16.4. The largest absolute Gasteiger partial charge is 0.573 e. The summed E-state index contributed by atoms with van der Waals surface area (Å²) in [5, 5.41) is 11.3. The van der Waals surface area contributed by atoms with Crippen molar-refractivity contribution in [3.8, 4) is 28.9 Å². The van der Waals surface area contributed by atoms with Crippen LogP contribution in [0.4, 0.5) is 19.0 Å². The van der Waals surface area contributed by atoms with Crippen molar-refractivity contribution in [2.45, 2.75) is 19.8 Å². The Morgan fingerprint density at radius 1 is 1.10 bits per heavy atom. The molecule has 1 N–H and O–H groups in total. The molecule has 12 heteroatoms. The molecule has 0 aliphatic heterocycles. The second kappa shape index (κ2) is 8.05. The van der Waals surface area contributed by atoms with Gasteiger partial charge in [0.25, 0.3) is 5.89 Å². The van der Waals surface area contributed by atoms with Crippen LogP contribution in [0.5, 0.6) is 5.75 Å². The number of rotatable bonds is 6. The fraction of sp³-hybridized carbons (Fsp3) is 0.211. The molecule has 0 aliphatic rings. The molecule has 0 atom stereocenters. The summed E-state index contributed by atoms with van der Waals surface area (Å²) in [6, 6.07) is 8.91. The van der Waals surface area contributed by atoms with Crippen LogP contribution in [-0.2, 0) is 6.54 Å². The minimum atomic E-state index is -4.76. The van der Waals surface area contributed by atoms with E-state index in [0.717, 1.165) is 11.4 Å². The van der Waals surface area contributed by atoms with E-state index in [0.29, 0.717) is 17.9 Å². The molecule has 160 valence electrons. The summed E-state index contributed by atoms with van der Waals surface area (Å²) in [4.78, 5) is 12.8. The minimum absolute atomic E-state index is 0.0955. The van der Waals surface area contributed by atoms with E-state index < -0.39 is 6.36 Å². The SMILES string of the molecule is CNc1cc(Cn2nc(-c3nc(-c4ccc(OC(F)(F)F)cc4)no3)nc2C)ccn1. The number of alkyl halides is 3. The Labute approximate surface area is 173 Å². The van der Waals surface area contributed by atoms with Crippen LogP contribution in [0.1, 0.15) is 11.4 Å². The average molecular weight is 431 g/mol. The van der Waals surface area contributed by atoms with Gasteiger partial charge < -0.3 is 14.6 Å². The van der Waals surface area contributed by atoms with Crippen LogP contribution in [0.25, 0.3) is 23.1 Å². The summed E-state index contributed by atoms with van der Waals surface area (Å²) in [5.74, 6) is 1.58. The van der Waals surface area contributed by atoms with E-state index in [1.807, 2.05) is 12.1 Å². The lowest BCUT2D eigenvalue weighted by Gasteiger charge is -2.08. The topological polar surface area (TPSA) is 104 Å². The smallest absolute Gasteiger partial charge is 0.406 e. The molecule has 4 aromatic rings. The number of pyridine rings is 1. The molecule has 3 heterocycles. The van der Waals surface area contributed by atoms with Crippen LogP contribution in [0.3, 0.4) is 0 Å². The number of nitrogens with one attached hydrogen (secondary N) is 1. The Hall–Kier alpha value is -3.96. The number of aromatic nitrogens is 6. The first-order valence-electron chi connectivity index (χ1n) is 9.05. The molecule has 0 spiro atoms. The van der Waals surface area contributed by atoms with Gasteiger partial charge in [0.05, 0.1) is 6.54 Å². The van der Waals surface area contributed by atoms with Crippen molar-refractivity contribution in [1.82, 2.24) is 29.9 Å². The van der Waals surface area contributed by atoms with Crippen LogP contribution in [0, 0.1) is 6.92 Å². The monoisotopic (exact) mass is 431 g/mol. The van der Waals surface area contributed by atoms with Crippen molar-refractivity contribution in [3.63, 3.8) is 0 Å². The predicted molar refractivity (Wildman–Crippen MR) is 103 cm³/mol. The van der Waals surface area contributed by atoms with Crippen molar-refractivity contribution < 1.29 is 22.4 Å². The first kappa shape index (κ1) is 20.3. The van der Waals surface area contributed by atoms with Crippen molar-refractivity contribution in [2.24, 2.45) is 0 Å². The highest BCUT2D eigenvalue weighted by Crippen LogP contribution is 2.26. The van der Waals surface area contributed by atoms with Gasteiger partial charge in [-0.25, -0.2) is 14.6 Å². The summed E-state index contributed by atoms with van der Waals surface area (Å²) in [6.45, 7) is 2.27. The van der Waals surface area contributed by atoms with Crippen molar-refractivity contribution in [3.05, 3.63) is 54.0 Å². The van der Waals surface area contributed by atoms with Gasteiger partial charge in [-0.1, -0.05) is 5.16 Å². The number of hydrogen-bond donors (Lipinski definition) is 1. The van der Waals surface area contributed by atoms with Gasteiger partial charge in [0, 0.05) is 18.8 Å².